The Hall–Kier alpha value is 0.440. The van der Waals surface area contributed by atoms with Gasteiger partial charge in [0, 0.05) is 5.33 Å². The second-order valence-corrected chi connectivity index (χ2v) is 6.67. The average molecular weight is 276 g/mol. The lowest BCUT2D eigenvalue weighted by atomic mass is 9.77. The molecule has 15 heavy (non-hydrogen) atoms. The third kappa shape index (κ3) is 4.86. The van der Waals surface area contributed by atoms with Crippen molar-refractivity contribution in [2.24, 2.45) is 11.3 Å². The average Bonchev–Trinajstić information content (AvgIpc) is 2.38. The van der Waals surface area contributed by atoms with E-state index in [-0.39, 0.29) is 0 Å². The normalized spacial score (nSPS) is 25.2. The van der Waals surface area contributed by atoms with Crippen LogP contribution in [0.25, 0.3) is 0 Å². The number of alkyl halides is 1. The predicted octanol–water partition coefficient (Wildman–Crippen LogP) is 3.92. The van der Waals surface area contributed by atoms with Crippen molar-refractivity contribution in [3.8, 4) is 0 Å². The molecule has 1 unspecified atom stereocenters. The van der Waals surface area contributed by atoms with Gasteiger partial charge in [0.15, 0.2) is 0 Å². The van der Waals surface area contributed by atoms with Crippen LogP contribution in [-0.4, -0.2) is 29.9 Å². The van der Waals surface area contributed by atoms with Gasteiger partial charge in [0.2, 0.25) is 0 Å². The Morgan fingerprint density at radius 2 is 1.93 bits per heavy atom. The van der Waals surface area contributed by atoms with Gasteiger partial charge in [-0.3, -0.25) is 0 Å². The number of hydrogen-bond donors (Lipinski definition) is 0. The fourth-order valence-corrected chi connectivity index (χ4v) is 2.78. The maximum absolute atomic E-state index is 3.51. The predicted molar refractivity (Wildman–Crippen MR) is 71.6 cm³/mol. The van der Waals surface area contributed by atoms with Gasteiger partial charge in [-0.1, -0.05) is 36.7 Å². The Bertz CT molecular complexity index is 174. The molecule has 0 aliphatic carbocycles. The van der Waals surface area contributed by atoms with Gasteiger partial charge in [-0.05, 0) is 56.7 Å². The van der Waals surface area contributed by atoms with Crippen molar-refractivity contribution in [2.45, 2.75) is 46.5 Å². The zero-order valence-electron chi connectivity index (χ0n) is 10.6. The van der Waals surface area contributed by atoms with Crippen LogP contribution in [0.4, 0.5) is 0 Å². The highest BCUT2D eigenvalue weighted by Gasteiger charge is 2.26. The molecule has 90 valence electrons. The maximum Gasteiger partial charge on any atom is 0.00434 e. The summed E-state index contributed by atoms with van der Waals surface area (Å²) in [6, 6.07) is 0. The summed E-state index contributed by atoms with van der Waals surface area (Å²) in [5.41, 5.74) is 0.505. The lowest BCUT2D eigenvalue weighted by molar-refractivity contribution is 0.208. The van der Waals surface area contributed by atoms with Crippen LogP contribution in [0.2, 0.25) is 0 Å². The van der Waals surface area contributed by atoms with Gasteiger partial charge in [-0.25, -0.2) is 0 Å². The highest BCUT2D eigenvalue weighted by Crippen LogP contribution is 2.34. The largest absolute Gasteiger partial charge is 0.303 e. The van der Waals surface area contributed by atoms with Crippen molar-refractivity contribution in [2.75, 3.05) is 25.0 Å². The van der Waals surface area contributed by atoms with E-state index in [0.29, 0.717) is 5.41 Å². The molecule has 0 radical (unpaired) electrons. The van der Waals surface area contributed by atoms with Crippen LogP contribution in [0, 0.1) is 11.3 Å². The lowest BCUT2D eigenvalue weighted by Crippen LogP contribution is -2.27. The van der Waals surface area contributed by atoms with Crippen LogP contribution >= 0.6 is 15.9 Å². The highest BCUT2D eigenvalue weighted by atomic mass is 79.9. The van der Waals surface area contributed by atoms with Crippen molar-refractivity contribution < 1.29 is 0 Å². The van der Waals surface area contributed by atoms with Crippen molar-refractivity contribution in [3.63, 3.8) is 0 Å². The Morgan fingerprint density at radius 1 is 1.20 bits per heavy atom. The molecule has 0 spiro atoms. The van der Waals surface area contributed by atoms with Gasteiger partial charge >= 0.3 is 0 Å². The van der Waals surface area contributed by atoms with Gasteiger partial charge in [0.05, 0.1) is 0 Å². The van der Waals surface area contributed by atoms with Crippen LogP contribution in [0.15, 0.2) is 0 Å². The van der Waals surface area contributed by atoms with E-state index >= 15 is 0 Å². The van der Waals surface area contributed by atoms with Crippen LogP contribution < -0.4 is 0 Å². The van der Waals surface area contributed by atoms with Crippen molar-refractivity contribution >= 4 is 15.9 Å². The summed E-state index contributed by atoms with van der Waals surface area (Å²) in [4.78, 5) is 2.65. The molecule has 1 saturated heterocycles. The number of likely N-dealkylation sites (tertiary alicyclic amines) is 1. The Morgan fingerprint density at radius 3 is 2.53 bits per heavy atom. The SMILES string of the molecule is CC(C)(C)C1CCCN(CCCBr)CC1. The highest BCUT2D eigenvalue weighted by molar-refractivity contribution is 9.09. The molecule has 0 amide bonds. The molecule has 1 aliphatic rings. The molecule has 1 nitrogen and oxygen atoms in total. The molecule has 0 aromatic rings. The summed E-state index contributed by atoms with van der Waals surface area (Å²) in [5, 5.41) is 1.15. The molecular weight excluding hydrogens is 250 g/mol. The molecule has 0 aromatic carbocycles. The molecule has 0 aromatic heterocycles. The van der Waals surface area contributed by atoms with Gasteiger partial charge in [0.1, 0.15) is 0 Å². The van der Waals surface area contributed by atoms with E-state index < -0.39 is 0 Å². The van der Waals surface area contributed by atoms with Crippen LogP contribution in [0.5, 0.6) is 0 Å². The molecule has 1 rings (SSSR count). The molecule has 1 aliphatic heterocycles. The number of nitrogens with zero attached hydrogens (tertiary/aromatic N) is 1. The van der Waals surface area contributed by atoms with E-state index in [0.717, 1.165) is 11.2 Å². The quantitative estimate of drug-likeness (QED) is 0.706. The van der Waals surface area contributed by atoms with E-state index in [2.05, 4.69) is 41.6 Å². The standard InChI is InChI=1S/C13H26BrN/c1-13(2,3)12-6-4-9-15(11-7-12)10-5-8-14/h12H,4-11H2,1-3H3. The fraction of sp³-hybridized carbons (Fsp3) is 1.00. The summed E-state index contributed by atoms with van der Waals surface area (Å²) in [6.07, 6.45) is 5.50. The lowest BCUT2D eigenvalue weighted by Gasteiger charge is -2.29. The minimum atomic E-state index is 0.505. The topological polar surface area (TPSA) is 3.24 Å². The first-order valence-electron chi connectivity index (χ1n) is 6.32. The second kappa shape index (κ2) is 6.24. The van der Waals surface area contributed by atoms with Crippen molar-refractivity contribution in [3.05, 3.63) is 0 Å². The van der Waals surface area contributed by atoms with Gasteiger partial charge < -0.3 is 4.90 Å². The molecule has 1 atom stereocenters. The van der Waals surface area contributed by atoms with Gasteiger partial charge in [-0.15, -0.1) is 0 Å². The van der Waals surface area contributed by atoms with E-state index in [9.17, 15) is 0 Å². The zero-order chi connectivity index (χ0) is 11.3. The summed E-state index contributed by atoms with van der Waals surface area (Å²) >= 11 is 3.51. The van der Waals surface area contributed by atoms with Gasteiger partial charge in [-0.2, -0.15) is 0 Å². The van der Waals surface area contributed by atoms with Gasteiger partial charge in [0.25, 0.3) is 0 Å². The minimum Gasteiger partial charge on any atom is -0.303 e. The number of hydrogen-bond acceptors (Lipinski definition) is 1. The molecule has 0 bridgehead atoms. The number of rotatable bonds is 3. The first kappa shape index (κ1) is 13.5. The fourth-order valence-electron chi connectivity index (χ4n) is 2.53. The second-order valence-electron chi connectivity index (χ2n) is 5.88. The van der Waals surface area contributed by atoms with Crippen molar-refractivity contribution in [1.82, 2.24) is 4.90 Å². The molecule has 1 fully saturated rings. The van der Waals surface area contributed by atoms with Crippen LogP contribution in [0.3, 0.4) is 0 Å². The summed E-state index contributed by atoms with van der Waals surface area (Å²) < 4.78 is 0. The zero-order valence-corrected chi connectivity index (χ0v) is 12.1. The van der Waals surface area contributed by atoms with E-state index in [1.807, 2.05) is 0 Å². The van der Waals surface area contributed by atoms with Crippen LogP contribution in [-0.2, 0) is 0 Å². The molecular formula is C13H26BrN. The third-order valence-corrected chi connectivity index (χ3v) is 4.21. The first-order chi connectivity index (χ1) is 7.04. The smallest absolute Gasteiger partial charge is 0.00434 e. The molecule has 1 heterocycles. The third-order valence-electron chi connectivity index (χ3n) is 3.65. The summed E-state index contributed by atoms with van der Waals surface area (Å²) in [6.45, 7) is 11.1. The number of halogens is 1. The first-order valence-corrected chi connectivity index (χ1v) is 7.44. The minimum absolute atomic E-state index is 0.505. The molecule has 2 heteroatoms. The summed E-state index contributed by atoms with van der Waals surface area (Å²) in [7, 11) is 0. The molecule has 0 N–H and O–H groups in total. The Kier molecular flexibility index (Phi) is 5.62. The van der Waals surface area contributed by atoms with E-state index in [1.165, 1.54) is 45.3 Å². The maximum atomic E-state index is 3.51. The summed E-state index contributed by atoms with van der Waals surface area (Å²) in [5.74, 6) is 0.923. The molecule has 0 saturated carbocycles. The van der Waals surface area contributed by atoms with Crippen molar-refractivity contribution in [1.29, 1.82) is 0 Å². The Balaban J connectivity index is 2.35. The van der Waals surface area contributed by atoms with E-state index in [4.69, 9.17) is 0 Å². The monoisotopic (exact) mass is 275 g/mol. The van der Waals surface area contributed by atoms with Crippen LogP contribution in [0.1, 0.15) is 46.5 Å². The van der Waals surface area contributed by atoms with E-state index in [1.54, 1.807) is 0 Å². The Labute approximate surface area is 104 Å².